The fourth-order valence-electron chi connectivity index (χ4n) is 3.95. The number of hydrogen-bond acceptors (Lipinski definition) is 4. The van der Waals surface area contributed by atoms with Crippen molar-refractivity contribution in [3.8, 4) is 5.75 Å². The van der Waals surface area contributed by atoms with E-state index in [1.165, 1.54) is 18.9 Å². The zero-order valence-corrected chi connectivity index (χ0v) is 17.5. The summed E-state index contributed by atoms with van der Waals surface area (Å²) in [6, 6.07) is 14.6. The van der Waals surface area contributed by atoms with Gasteiger partial charge in [-0.1, -0.05) is 24.3 Å². The summed E-state index contributed by atoms with van der Waals surface area (Å²) in [4.78, 5) is 27.9. The van der Waals surface area contributed by atoms with Gasteiger partial charge in [-0.3, -0.25) is 14.5 Å². The van der Waals surface area contributed by atoms with Crippen LogP contribution < -0.4 is 15.6 Å². The molecule has 1 fully saturated rings. The number of amides is 1. The van der Waals surface area contributed by atoms with E-state index in [9.17, 15) is 9.59 Å². The van der Waals surface area contributed by atoms with E-state index < -0.39 is 0 Å². The molecule has 30 heavy (non-hydrogen) atoms. The number of aromatic nitrogens is 1. The lowest BCUT2D eigenvalue weighted by Crippen LogP contribution is -2.25. The molecule has 6 nitrogen and oxygen atoms in total. The molecule has 4 rings (SSSR count). The third-order valence-electron chi connectivity index (χ3n) is 5.65. The number of carbonyl (C=O) groups excluding carboxylic acids is 1. The third kappa shape index (κ3) is 4.24. The van der Waals surface area contributed by atoms with Crippen molar-refractivity contribution in [2.45, 2.75) is 19.8 Å². The van der Waals surface area contributed by atoms with Gasteiger partial charge in [0, 0.05) is 25.0 Å². The number of fused-ring (bicyclic) bond motifs is 1. The molecule has 2 heterocycles. The molecule has 3 aromatic rings. The summed E-state index contributed by atoms with van der Waals surface area (Å²) in [5.74, 6) is 0.320. The summed E-state index contributed by atoms with van der Waals surface area (Å²) in [6.45, 7) is 5.66. The first-order chi connectivity index (χ1) is 14.5. The summed E-state index contributed by atoms with van der Waals surface area (Å²) < 4.78 is 7.55. The van der Waals surface area contributed by atoms with Crippen LogP contribution in [0.15, 0.2) is 53.3 Å². The van der Waals surface area contributed by atoms with Gasteiger partial charge in [0.15, 0.2) is 0 Å². The van der Waals surface area contributed by atoms with E-state index in [2.05, 4.69) is 10.2 Å². The Balaban J connectivity index is 1.57. The number of nitrogens with one attached hydrogen (secondary N) is 1. The minimum Gasteiger partial charge on any atom is -0.490 e. The van der Waals surface area contributed by atoms with Gasteiger partial charge in [0.05, 0.1) is 16.8 Å². The van der Waals surface area contributed by atoms with Crippen LogP contribution in [-0.2, 0) is 7.05 Å². The van der Waals surface area contributed by atoms with E-state index in [0.29, 0.717) is 23.6 Å². The summed E-state index contributed by atoms with van der Waals surface area (Å²) in [6.07, 6.45) is 2.49. The topological polar surface area (TPSA) is 63.6 Å². The fraction of sp³-hybridized carbons (Fsp3) is 0.333. The van der Waals surface area contributed by atoms with Gasteiger partial charge in [-0.25, -0.2) is 0 Å². The predicted molar refractivity (Wildman–Crippen MR) is 119 cm³/mol. The van der Waals surface area contributed by atoms with Crippen LogP contribution in [0.4, 0.5) is 5.69 Å². The van der Waals surface area contributed by atoms with Crippen molar-refractivity contribution in [3.05, 3.63) is 70.0 Å². The Kier molecular flexibility index (Phi) is 5.86. The minimum absolute atomic E-state index is 0.217. The lowest BCUT2D eigenvalue weighted by Gasteiger charge is -2.17. The first-order valence-corrected chi connectivity index (χ1v) is 10.4. The van der Waals surface area contributed by atoms with Crippen molar-refractivity contribution < 1.29 is 9.53 Å². The van der Waals surface area contributed by atoms with Crippen LogP contribution in [0, 0.1) is 6.92 Å². The van der Waals surface area contributed by atoms with Gasteiger partial charge < -0.3 is 14.6 Å². The van der Waals surface area contributed by atoms with Crippen molar-refractivity contribution in [2.75, 3.05) is 31.6 Å². The molecule has 156 valence electrons. The zero-order chi connectivity index (χ0) is 21.1. The van der Waals surface area contributed by atoms with Crippen LogP contribution >= 0.6 is 0 Å². The molecule has 0 spiro atoms. The highest BCUT2D eigenvalue weighted by Gasteiger charge is 2.16. The van der Waals surface area contributed by atoms with Crippen molar-refractivity contribution in [1.29, 1.82) is 0 Å². The molecule has 0 radical (unpaired) electrons. The SMILES string of the molecule is Cc1ccc(OCCN2CCCC2)c(NC(=O)c2cc(=O)n(C)c3ccccc23)c1. The highest BCUT2D eigenvalue weighted by atomic mass is 16.5. The Labute approximate surface area is 176 Å². The highest BCUT2D eigenvalue weighted by Crippen LogP contribution is 2.27. The van der Waals surface area contributed by atoms with Crippen LogP contribution in [0.25, 0.3) is 10.9 Å². The molecule has 1 saturated heterocycles. The second-order valence-corrected chi connectivity index (χ2v) is 7.82. The largest absolute Gasteiger partial charge is 0.490 e. The third-order valence-corrected chi connectivity index (χ3v) is 5.65. The van der Waals surface area contributed by atoms with Crippen LogP contribution in [0.3, 0.4) is 0 Å². The maximum absolute atomic E-state index is 13.1. The Morgan fingerprint density at radius 2 is 1.87 bits per heavy atom. The Morgan fingerprint density at radius 1 is 1.10 bits per heavy atom. The summed E-state index contributed by atoms with van der Waals surface area (Å²) in [5, 5.41) is 3.70. The standard InChI is InChI=1S/C24H27N3O3/c1-17-9-10-22(30-14-13-27-11-5-6-12-27)20(15-17)25-24(29)19-16-23(28)26(2)21-8-4-3-7-18(19)21/h3-4,7-10,15-16H,5-6,11-14H2,1-2H3,(H,25,29). The molecule has 1 N–H and O–H groups in total. The predicted octanol–water partition coefficient (Wildman–Crippen LogP) is 3.57. The van der Waals surface area contributed by atoms with Crippen molar-refractivity contribution in [3.63, 3.8) is 0 Å². The average Bonchev–Trinajstić information content (AvgIpc) is 3.26. The summed E-state index contributed by atoms with van der Waals surface area (Å²) in [7, 11) is 1.71. The second kappa shape index (κ2) is 8.71. The van der Waals surface area contributed by atoms with Crippen molar-refractivity contribution in [2.24, 2.45) is 7.05 Å². The van der Waals surface area contributed by atoms with E-state index in [0.717, 1.165) is 36.1 Å². The maximum Gasteiger partial charge on any atom is 0.256 e. The molecule has 0 unspecified atom stereocenters. The monoisotopic (exact) mass is 405 g/mol. The molecule has 1 amide bonds. The quantitative estimate of drug-likeness (QED) is 0.681. The number of aryl methyl sites for hydroxylation is 2. The molecule has 0 saturated carbocycles. The Morgan fingerprint density at radius 3 is 2.67 bits per heavy atom. The number of pyridine rings is 1. The molecule has 0 atom stereocenters. The van der Waals surface area contributed by atoms with E-state index in [-0.39, 0.29) is 11.5 Å². The van der Waals surface area contributed by atoms with Gasteiger partial charge in [0.25, 0.3) is 11.5 Å². The van der Waals surface area contributed by atoms with Gasteiger partial charge in [-0.05, 0) is 56.6 Å². The van der Waals surface area contributed by atoms with E-state index in [4.69, 9.17) is 4.74 Å². The number of rotatable bonds is 6. The van der Waals surface area contributed by atoms with Crippen LogP contribution in [0.5, 0.6) is 5.75 Å². The number of nitrogens with zero attached hydrogens (tertiary/aromatic N) is 2. The van der Waals surface area contributed by atoms with E-state index >= 15 is 0 Å². The van der Waals surface area contributed by atoms with Gasteiger partial charge in [-0.15, -0.1) is 0 Å². The average molecular weight is 405 g/mol. The van der Waals surface area contributed by atoms with Crippen LogP contribution in [-0.4, -0.2) is 41.6 Å². The van der Waals surface area contributed by atoms with E-state index in [1.54, 1.807) is 11.6 Å². The highest BCUT2D eigenvalue weighted by molar-refractivity contribution is 6.12. The van der Waals surface area contributed by atoms with Gasteiger partial charge in [-0.2, -0.15) is 0 Å². The smallest absolute Gasteiger partial charge is 0.256 e. The normalized spacial score (nSPS) is 14.2. The molecular formula is C24H27N3O3. The zero-order valence-electron chi connectivity index (χ0n) is 17.5. The van der Waals surface area contributed by atoms with Crippen LogP contribution in [0.2, 0.25) is 0 Å². The molecular weight excluding hydrogens is 378 g/mol. The van der Waals surface area contributed by atoms with Crippen molar-refractivity contribution in [1.82, 2.24) is 9.47 Å². The first kappa shape index (κ1) is 20.2. The molecule has 1 aromatic heterocycles. The van der Waals surface area contributed by atoms with Crippen molar-refractivity contribution >= 4 is 22.5 Å². The number of carbonyl (C=O) groups is 1. The lowest BCUT2D eigenvalue weighted by atomic mass is 10.1. The van der Waals surface area contributed by atoms with E-state index in [1.807, 2.05) is 49.4 Å². The second-order valence-electron chi connectivity index (χ2n) is 7.82. The Bertz CT molecular complexity index is 1130. The molecule has 0 aliphatic carbocycles. The minimum atomic E-state index is -0.320. The fourth-order valence-corrected chi connectivity index (χ4v) is 3.95. The number of para-hydroxylation sites is 1. The molecule has 0 bridgehead atoms. The number of anilines is 1. The number of ether oxygens (including phenoxy) is 1. The number of likely N-dealkylation sites (tertiary alicyclic amines) is 1. The molecule has 1 aliphatic rings. The molecule has 2 aromatic carbocycles. The van der Waals surface area contributed by atoms with Gasteiger partial charge in [0.2, 0.25) is 0 Å². The summed E-state index contributed by atoms with van der Waals surface area (Å²) >= 11 is 0. The lowest BCUT2D eigenvalue weighted by molar-refractivity contribution is 0.102. The van der Waals surface area contributed by atoms with Gasteiger partial charge in [0.1, 0.15) is 12.4 Å². The number of hydrogen-bond donors (Lipinski definition) is 1. The summed E-state index contributed by atoms with van der Waals surface area (Å²) in [5.41, 5.74) is 2.50. The molecule has 1 aliphatic heterocycles. The number of benzene rings is 2. The first-order valence-electron chi connectivity index (χ1n) is 10.4. The maximum atomic E-state index is 13.1. The van der Waals surface area contributed by atoms with Gasteiger partial charge >= 0.3 is 0 Å². The Hall–Kier alpha value is -3.12. The van der Waals surface area contributed by atoms with Crippen LogP contribution in [0.1, 0.15) is 28.8 Å². The molecule has 6 heteroatoms.